The Morgan fingerprint density at radius 1 is 1.17 bits per heavy atom. The Kier molecular flexibility index (Phi) is 4.67. The predicted molar refractivity (Wildman–Crippen MR) is 90.2 cm³/mol. The second-order valence-corrected chi connectivity index (χ2v) is 5.44. The third-order valence-electron chi connectivity index (χ3n) is 3.69. The summed E-state index contributed by atoms with van der Waals surface area (Å²) in [6.45, 7) is -0.161. The SMILES string of the molecule is Cn1cnc(-c2ccc(C(=O)N[C@@H](CO)c3ccccc3)cc2)n1. The number of aryl methyl sites for hydroxylation is 1. The maximum Gasteiger partial charge on any atom is 0.251 e. The highest BCUT2D eigenvalue weighted by Gasteiger charge is 2.15. The van der Waals surface area contributed by atoms with Gasteiger partial charge in [0.05, 0.1) is 12.6 Å². The summed E-state index contributed by atoms with van der Waals surface area (Å²) in [7, 11) is 1.80. The Morgan fingerprint density at radius 3 is 2.46 bits per heavy atom. The zero-order valence-corrected chi connectivity index (χ0v) is 13.3. The van der Waals surface area contributed by atoms with E-state index in [1.54, 1.807) is 42.3 Å². The molecule has 0 aliphatic carbocycles. The van der Waals surface area contributed by atoms with Crippen LogP contribution >= 0.6 is 0 Å². The van der Waals surface area contributed by atoms with Crippen LogP contribution in [0.3, 0.4) is 0 Å². The summed E-state index contributed by atoms with van der Waals surface area (Å²) in [6.07, 6.45) is 1.63. The van der Waals surface area contributed by atoms with Crippen LogP contribution in [0.1, 0.15) is 22.0 Å². The van der Waals surface area contributed by atoms with Crippen molar-refractivity contribution in [1.29, 1.82) is 0 Å². The van der Waals surface area contributed by atoms with E-state index in [1.165, 1.54) is 0 Å². The highest BCUT2D eigenvalue weighted by atomic mass is 16.3. The van der Waals surface area contributed by atoms with Gasteiger partial charge in [0.25, 0.3) is 5.91 Å². The van der Waals surface area contributed by atoms with Crippen molar-refractivity contribution in [2.24, 2.45) is 7.05 Å². The molecule has 1 aromatic heterocycles. The molecule has 6 heteroatoms. The van der Waals surface area contributed by atoms with Gasteiger partial charge >= 0.3 is 0 Å². The van der Waals surface area contributed by atoms with Gasteiger partial charge in [-0.1, -0.05) is 42.5 Å². The van der Waals surface area contributed by atoms with E-state index in [1.807, 2.05) is 30.3 Å². The summed E-state index contributed by atoms with van der Waals surface area (Å²) in [5.41, 5.74) is 2.22. The molecule has 122 valence electrons. The van der Waals surface area contributed by atoms with Gasteiger partial charge in [-0.15, -0.1) is 0 Å². The van der Waals surface area contributed by atoms with Crippen molar-refractivity contribution in [1.82, 2.24) is 20.1 Å². The highest BCUT2D eigenvalue weighted by Crippen LogP contribution is 2.16. The molecule has 0 saturated carbocycles. The van der Waals surface area contributed by atoms with Crippen LogP contribution in [0.5, 0.6) is 0 Å². The van der Waals surface area contributed by atoms with Gasteiger partial charge in [-0.3, -0.25) is 9.48 Å². The fraction of sp³-hybridized carbons (Fsp3) is 0.167. The number of amides is 1. The molecular formula is C18H18N4O2. The molecule has 0 radical (unpaired) electrons. The molecule has 0 spiro atoms. The minimum Gasteiger partial charge on any atom is -0.394 e. The van der Waals surface area contributed by atoms with E-state index in [2.05, 4.69) is 15.4 Å². The van der Waals surface area contributed by atoms with Crippen molar-refractivity contribution in [3.63, 3.8) is 0 Å². The third kappa shape index (κ3) is 3.49. The van der Waals surface area contributed by atoms with Crippen LogP contribution in [-0.2, 0) is 7.05 Å². The number of aliphatic hydroxyl groups excluding tert-OH is 1. The van der Waals surface area contributed by atoms with E-state index < -0.39 is 6.04 Å². The van der Waals surface area contributed by atoms with Gasteiger partial charge in [0, 0.05) is 18.2 Å². The van der Waals surface area contributed by atoms with E-state index in [0.717, 1.165) is 11.1 Å². The number of rotatable bonds is 5. The maximum absolute atomic E-state index is 12.4. The minimum atomic E-state index is -0.434. The second-order valence-electron chi connectivity index (χ2n) is 5.44. The fourth-order valence-electron chi connectivity index (χ4n) is 2.40. The topological polar surface area (TPSA) is 80.0 Å². The average Bonchev–Trinajstić information content (AvgIpc) is 3.07. The number of benzene rings is 2. The maximum atomic E-state index is 12.4. The molecule has 2 aromatic carbocycles. The molecule has 0 unspecified atom stereocenters. The summed E-state index contributed by atoms with van der Waals surface area (Å²) in [5.74, 6) is 0.375. The standard InChI is InChI=1S/C18H18N4O2/c1-22-12-19-17(21-22)14-7-9-15(10-8-14)18(24)20-16(11-23)13-5-3-2-4-6-13/h2-10,12,16,23H,11H2,1H3,(H,20,24)/t16-/m0/s1. The normalized spacial score (nSPS) is 11.9. The van der Waals surface area contributed by atoms with Crippen molar-refractivity contribution in [3.05, 3.63) is 72.1 Å². The summed E-state index contributed by atoms with van der Waals surface area (Å²) in [6, 6.07) is 16.0. The molecule has 1 amide bonds. The predicted octanol–water partition coefficient (Wildman–Crippen LogP) is 1.95. The molecule has 1 atom stereocenters. The Labute approximate surface area is 139 Å². The third-order valence-corrected chi connectivity index (χ3v) is 3.69. The number of aromatic nitrogens is 3. The van der Waals surface area contributed by atoms with Gasteiger partial charge in [-0.2, -0.15) is 5.10 Å². The molecule has 24 heavy (non-hydrogen) atoms. The fourth-order valence-corrected chi connectivity index (χ4v) is 2.40. The van der Waals surface area contributed by atoms with Crippen molar-refractivity contribution in [2.75, 3.05) is 6.61 Å². The largest absolute Gasteiger partial charge is 0.394 e. The number of carbonyl (C=O) groups excluding carboxylic acids is 1. The summed E-state index contributed by atoms with van der Waals surface area (Å²) in [4.78, 5) is 16.6. The molecule has 2 N–H and O–H groups in total. The van der Waals surface area contributed by atoms with Gasteiger partial charge < -0.3 is 10.4 Å². The number of nitrogens with one attached hydrogen (secondary N) is 1. The first-order valence-corrected chi connectivity index (χ1v) is 7.60. The van der Waals surface area contributed by atoms with E-state index in [4.69, 9.17) is 0 Å². The molecule has 0 bridgehead atoms. The summed E-state index contributed by atoms with van der Waals surface area (Å²) >= 11 is 0. The zero-order chi connectivity index (χ0) is 16.9. The monoisotopic (exact) mass is 322 g/mol. The molecule has 3 aromatic rings. The van der Waals surface area contributed by atoms with Crippen LogP contribution < -0.4 is 5.32 Å². The lowest BCUT2D eigenvalue weighted by atomic mass is 10.1. The van der Waals surface area contributed by atoms with Gasteiger partial charge in [0.1, 0.15) is 6.33 Å². The molecular weight excluding hydrogens is 304 g/mol. The lowest BCUT2D eigenvalue weighted by Gasteiger charge is -2.16. The van der Waals surface area contributed by atoms with Gasteiger partial charge in [-0.25, -0.2) is 4.98 Å². The smallest absolute Gasteiger partial charge is 0.251 e. The molecule has 0 aliphatic heterocycles. The zero-order valence-electron chi connectivity index (χ0n) is 13.3. The first-order chi connectivity index (χ1) is 11.7. The number of carbonyl (C=O) groups is 1. The van der Waals surface area contributed by atoms with Crippen molar-refractivity contribution in [2.45, 2.75) is 6.04 Å². The highest BCUT2D eigenvalue weighted by molar-refractivity contribution is 5.94. The molecule has 0 aliphatic rings. The Balaban J connectivity index is 1.73. The van der Waals surface area contributed by atoms with Crippen molar-refractivity contribution < 1.29 is 9.90 Å². The Hall–Kier alpha value is -2.99. The van der Waals surface area contributed by atoms with Crippen LogP contribution in [0.15, 0.2) is 60.9 Å². The number of hydrogen-bond donors (Lipinski definition) is 2. The van der Waals surface area contributed by atoms with Crippen LogP contribution in [0.2, 0.25) is 0 Å². The summed E-state index contributed by atoms with van der Waals surface area (Å²) in [5, 5.41) is 16.6. The van der Waals surface area contributed by atoms with E-state index in [-0.39, 0.29) is 12.5 Å². The molecule has 0 fully saturated rings. The van der Waals surface area contributed by atoms with Gasteiger partial charge in [0.2, 0.25) is 0 Å². The first kappa shape index (κ1) is 15.9. The van der Waals surface area contributed by atoms with Gasteiger partial charge in [-0.05, 0) is 17.7 Å². The second kappa shape index (κ2) is 7.06. The Morgan fingerprint density at radius 2 is 1.88 bits per heavy atom. The summed E-state index contributed by atoms with van der Waals surface area (Å²) < 4.78 is 1.63. The quantitative estimate of drug-likeness (QED) is 0.752. The van der Waals surface area contributed by atoms with E-state index in [0.29, 0.717) is 11.4 Å². The van der Waals surface area contributed by atoms with Gasteiger partial charge in [0.15, 0.2) is 5.82 Å². The van der Waals surface area contributed by atoms with Crippen LogP contribution in [0.25, 0.3) is 11.4 Å². The molecule has 0 saturated heterocycles. The number of hydrogen-bond acceptors (Lipinski definition) is 4. The molecule has 1 heterocycles. The van der Waals surface area contributed by atoms with Crippen LogP contribution in [-0.4, -0.2) is 32.4 Å². The lowest BCUT2D eigenvalue weighted by Crippen LogP contribution is -2.30. The van der Waals surface area contributed by atoms with E-state index in [9.17, 15) is 9.90 Å². The lowest BCUT2D eigenvalue weighted by molar-refractivity contribution is 0.0916. The number of aliphatic hydroxyl groups is 1. The van der Waals surface area contributed by atoms with Crippen molar-refractivity contribution >= 4 is 5.91 Å². The Bertz CT molecular complexity index is 813. The van der Waals surface area contributed by atoms with Crippen LogP contribution in [0.4, 0.5) is 0 Å². The van der Waals surface area contributed by atoms with Crippen LogP contribution in [0, 0.1) is 0 Å². The first-order valence-electron chi connectivity index (χ1n) is 7.60. The van der Waals surface area contributed by atoms with E-state index >= 15 is 0 Å². The van der Waals surface area contributed by atoms with Crippen molar-refractivity contribution in [3.8, 4) is 11.4 Å². The minimum absolute atomic E-state index is 0.161. The number of nitrogens with zero attached hydrogens (tertiary/aromatic N) is 3. The average molecular weight is 322 g/mol. The molecule has 6 nitrogen and oxygen atoms in total. The molecule has 3 rings (SSSR count).